The fourth-order valence-electron chi connectivity index (χ4n) is 3.73. The normalized spacial score (nSPS) is 15.1. The van der Waals surface area contributed by atoms with E-state index >= 15 is 0 Å². The fraction of sp³-hybridized carbons (Fsp3) is 0.583. The number of nitrogens with zero attached hydrogens (tertiary/aromatic N) is 2. The molecular formula is C24H39N9O5. The van der Waals surface area contributed by atoms with Gasteiger partial charge in [-0.25, -0.2) is 14.8 Å². The van der Waals surface area contributed by atoms with E-state index in [2.05, 4.69) is 35.9 Å². The van der Waals surface area contributed by atoms with E-state index in [-0.39, 0.29) is 25.2 Å². The molecule has 0 aliphatic rings. The molecule has 3 amide bonds. The second-order valence-electron chi connectivity index (χ2n) is 9.28. The molecule has 0 fully saturated rings. The van der Waals surface area contributed by atoms with E-state index in [0.717, 1.165) is 0 Å². The van der Waals surface area contributed by atoms with E-state index < -0.39 is 47.9 Å². The van der Waals surface area contributed by atoms with Crippen molar-refractivity contribution >= 4 is 23.7 Å². The summed E-state index contributed by atoms with van der Waals surface area (Å²) in [5.41, 5.74) is 12.8. The van der Waals surface area contributed by atoms with Gasteiger partial charge in [0.05, 0.1) is 18.7 Å². The van der Waals surface area contributed by atoms with Gasteiger partial charge in [-0.1, -0.05) is 20.3 Å². The molecule has 2 aromatic heterocycles. The SMILES string of the molecule is CCC(C)C(N)C(=O)NC(Cc1cnc[nH]1)C(=O)NC(CCCCN)C(=O)NC(Cc1cnc[nH]1)C(=O)O. The lowest BCUT2D eigenvalue weighted by Crippen LogP contribution is -2.58. The Bertz CT molecular complexity index is 1010. The van der Waals surface area contributed by atoms with E-state index in [9.17, 15) is 24.3 Å². The summed E-state index contributed by atoms with van der Waals surface area (Å²) >= 11 is 0. The maximum Gasteiger partial charge on any atom is 0.326 e. The van der Waals surface area contributed by atoms with Crippen molar-refractivity contribution in [2.75, 3.05) is 6.54 Å². The first-order valence-electron chi connectivity index (χ1n) is 12.7. The van der Waals surface area contributed by atoms with Crippen molar-refractivity contribution in [2.24, 2.45) is 17.4 Å². The fourth-order valence-corrected chi connectivity index (χ4v) is 3.73. The molecule has 38 heavy (non-hydrogen) atoms. The summed E-state index contributed by atoms with van der Waals surface area (Å²) in [6, 6.07) is -4.17. The summed E-state index contributed by atoms with van der Waals surface area (Å²) in [6.07, 6.45) is 7.95. The maximum absolute atomic E-state index is 13.4. The zero-order valence-corrected chi connectivity index (χ0v) is 21.8. The van der Waals surface area contributed by atoms with Crippen LogP contribution in [0.15, 0.2) is 25.0 Å². The molecule has 0 radical (unpaired) electrons. The highest BCUT2D eigenvalue weighted by molar-refractivity contribution is 5.94. The number of aromatic amines is 2. The molecule has 10 N–H and O–H groups in total. The Hall–Kier alpha value is -3.78. The first-order chi connectivity index (χ1) is 18.2. The predicted molar refractivity (Wildman–Crippen MR) is 138 cm³/mol. The lowest BCUT2D eigenvalue weighted by Gasteiger charge is -2.26. The Kier molecular flexibility index (Phi) is 12.4. The summed E-state index contributed by atoms with van der Waals surface area (Å²) in [6.45, 7) is 4.15. The molecule has 0 saturated heterocycles. The second kappa shape index (κ2) is 15.5. The van der Waals surface area contributed by atoms with Crippen molar-refractivity contribution < 1.29 is 24.3 Å². The van der Waals surface area contributed by atoms with Gasteiger partial charge in [-0.2, -0.15) is 0 Å². The summed E-state index contributed by atoms with van der Waals surface area (Å²) in [5.74, 6) is -3.11. The van der Waals surface area contributed by atoms with Crippen molar-refractivity contribution in [2.45, 2.75) is 76.5 Å². The first-order valence-corrected chi connectivity index (χ1v) is 12.7. The lowest BCUT2D eigenvalue weighted by atomic mass is 9.98. The largest absolute Gasteiger partial charge is 0.480 e. The van der Waals surface area contributed by atoms with Gasteiger partial charge < -0.3 is 42.5 Å². The number of aliphatic carboxylic acids is 1. The van der Waals surface area contributed by atoms with Crippen LogP contribution in [0.1, 0.15) is 50.9 Å². The molecule has 5 unspecified atom stereocenters. The van der Waals surface area contributed by atoms with Gasteiger partial charge >= 0.3 is 5.97 Å². The van der Waals surface area contributed by atoms with Gasteiger partial charge in [0.1, 0.15) is 18.1 Å². The highest BCUT2D eigenvalue weighted by Gasteiger charge is 2.31. The molecule has 0 bridgehead atoms. The zero-order valence-electron chi connectivity index (χ0n) is 21.8. The maximum atomic E-state index is 13.4. The lowest BCUT2D eigenvalue weighted by molar-refractivity contribution is -0.142. The van der Waals surface area contributed by atoms with Crippen LogP contribution in [0.5, 0.6) is 0 Å². The first kappa shape index (κ1) is 30.4. The molecule has 0 spiro atoms. The molecule has 14 heteroatoms. The summed E-state index contributed by atoms with van der Waals surface area (Å²) in [4.78, 5) is 64.6. The molecule has 14 nitrogen and oxygen atoms in total. The Morgan fingerprint density at radius 2 is 1.42 bits per heavy atom. The average Bonchev–Trinajstić information content (AvgIpc) is 3.60. The number of H-pyrrole nitrogens is 2. The number of carbonyl (C=O) groups is 4. The van der Waals surface area contributed by atoms with Crippen LogP contribution in [-0.4, -0.2) is 79.4 Å². The quantitative estimate of drug-likeness (QED) is 0.116. The zero-order chi connectivity index (χ0) is 28.1. The van der Waals surface area contributed by atoms with E-state index in [4.69, 9.17) is 11.5 Å². The smallest absolute Gasteiger partial charge is 0.326 e. The third-order valence-corrected chi connectivity index (χ3v) is 6.34. The molecule has 5 atom stereocenters. The molecule has 0 aliphatic heterocycles. The number of rotatable bonds is 17. The van der Waals surface area contributed by atoms with Crippen molar-refractivity contribution in [1.82, 2.24) is 35.9 Å². The van der Waals surface area contributed by atoms with Crippen LogP contribution in [0.3, 0.4) is 0 Å². The minimum atomic E-state index is -1.24. The number of aromatic nitrogens is 4. The number of carbonyl (C=O) groups excluding carboxylic acids is 3. The number of unbranched alkanes of at least 4 members (excludes halogenated alkanes) is 1. The minimum absolute atomic E-state index is 0.0173. The molecular weight excluding hydrogens is 494 g/mol. The van der Waals surface area contributed by atoms with E-state index in [1.807, 2.05) is 13.8 Å². The Morgan fingerprint density at radius 1 is 0.895 bits per heavy atom. The number of nitrogens with two attached hydrogens (primary N) is 2. The highest BCUT2D eigenvalue weighted by Crippen LogP contribution is 2.09. The second-order valence-corrected chi connectivity index (χ2v) is 9.28. The van der Waals surface area contributed by atoms with Gasteiger partial charge in [-0.05, 0) is 31.7 Å². The van der Waals surface area contributed by atoms with Gasteiger partial charge in [0.15, 0.2) is 0 Å². The Balaban J connectivity index is 2.18. The van der Waals surface area contributed by atoms with E-state index in [0.29, 0.717) is 37.2 Å². The molecule has 0 saturated carbocycles. The van der Waals surface area contributed by atoms with Crippen LogP contribution in [0.2, 0.25) is 0 Å². The molecule has 2 aromatic rings. The van der Waals surface area contributed by atoms with Crippen molar-refractivity contribution in [3.05, 3.63) is 36.4 Å². The minimum Gasteiger partial charge on any atom is -0.480 e. The van der Waals surface area contributed by atoms with Crippen LogP contribution in [0, 0.1) is 5.92 Å². The number of hydrogen-bond donors (Lipinski definition) is 8. The van der Waals surface area contributed by atoms with E-state index in [1.165, 1.54) is 25.0 Å². The third kappa shape index (κ3) is 9.59. The number of nitrogens with one attached hydrogen (secondary N) is 5. The highest BCUT2D eigenvalue weighted by atomic mass is 16.4. The predicted octanol–water partition coefficient (Wildman–Crippen LogP) is -1.04. The van der Waals surface area contributed by atoms with Crippen LogP contribution >= 0.6 is 0 Å². The monoisotopic (exact) mass is 533 g/mol. The van der Waals surface area contributed by atoms with Gasteiger partial charge in [-0.3, -0.25) is 14.4 Å². The molecule has 0 aliphatic carbocycles. The number of amides is 3. The summed E-state index contributed by atoms with van der Waals surface area (Å²) in [7, 11) is 0. The Labute approximate surface area is 221 Å². The van der Waals surface area contributed by atoms with Gasteiger partial charge in [0, 0.05) is 36.6 Å². The molecule has 210 valence electrons. The third-order valence-electron chi connectivity index (χ3n) is 6.34. The number of imidazole rings is 2. The molecule has 2 heterocycles. The van der Waals surface area contributed by atoms with Gasteiger partial charge in [0.25, 0.3) is 0 Å². The van der Waals surface area contributed by atoms with Crippen LogP contribution in [-0.2, 0) is 32.0 Å². The van der Waals surface area contributed by atoms with Crippen molar-refractivity contribution in [3.8, 4) is 0 Å². The molecule has 2 rings (SSSR count). The average molecular weight is 534 g/mol. The van der Waals surface area contributed by atoms with Crippen molar-refractivity contribution in [1.29, 1.82) is 0 Å². The topological polar surface area (TPSA) is 234 Å². The van der Waals surface area contributed by atoms with E-state index in [1.54, 1.807) is 0 Å². The number of hydrogen-bond acceptors (Lipinski definition) is 8. The number of carboxylic acid groups (broad SMARTS) is 1. The Morgan fingerprint density at radius 3 is 1.92 bits per heavy atom. The standard InChI is InChI=1S/C24H39N9O5/c1-3-14(2)20(26)23(36)32-18(8-15-10-27-12-29-15)22(35)31-17(6-4-5-7-25)21(34)33-19(24(37)38)9-16-11-28-13-30-16/h10-14,17-20H,3-9,25-26H2,1-2H3,(H,27,29)(H,28,30)(H,31,35)(H,32,36)(H,33,34)(H,37,38). The van der Waals surface area contributed by atoms with Gasteiger partial charge in [-0.15, -0.1) is 0 Å². The summed E-state index contributed by atoms with van der Waals surface area (Å²) < 4.78 is 0. The number of carboxylic acids is 1. The van der Waals surface area contributed by atoms with Crippen LogP contribution in [0.25, 0.3) is 0 Å². The van der Waals surface area contributed by atoms with Crippen LogP contribution in [0.4, 0.5) is 0 Å². The van der Waals surface area contributed by atoms with Crippen LogP contribution < -0.4 is 27.4 Å². The summed E-state index contributed by atoms with van der Waals surface area (Å²) in [5, 5.41) is 17.5. The van der Waals surface area contributed by atoms with Crippen molar-refractivity contribution in [3.63, 3.8) is 0 Å². The molecule has 0 aromatic carbocycles. The van der Waals surface area contributed by atoms with Gasteiger partial charge in [0.2, 0.25) is 17.7 Å².